The number of benzene rings is 1. The van der Waals surface area contributed by atoms with E-state index in [2.05, 4.69) is 34.5 Å². The maximum atomic E-state index is 5.31. The lowest BCUT2D eigenvalue weighted by Crippen LogP contribution is -2.23. The molecule has 1 aliphatic rings. The highest BCUT2D eigenvalue weighted by Gasteiger charge is 2.21. The smallest absolute Gasteiger partial charge is 0.211 e. The SMILES string of the molecule is NC(N)=N/N=C1/CCCCC1c1ccccc1. The Morgan fingerprint density at radius 3 is 2.59 bits per heavy atom. The summed E-state index contributed by atoms with van der Waals surface area (Å²) in [5.41, 5.74) is 13.0. The topological polar surface area (TPSA) is 76.8 Å². The van der Waals surface area contributed by atoms with Crippen LogP contribution in [0.25, 0.3) is 0 Å². The van der Waals surface area contributed by atoms with E-state index >= 15 is 0 Å². The van der Waals surface area contributed by atoms with Crippen molar-refractivity contribution in [1.29, 1.82) is 0 Å². The van der Waals surface area contributed by atoms with Crippen molar-refractivity contribution >= 4 is 11.7 Å². The number of hydrogen-bond donors (Lipinski definition) is 2. The summed E-state index contributed by atoms with van der Waals surface area (Å²) in [4.78, 5) is 0. The van der Waals surface area contributed by atoms with Crippen molar-refractivity contribution < 1.29 is 0 Å². The van der Waals surface area contributed by atoms with Gasteiger partial charge in [-0.1, -0.05) is 36.8 Å². The van der Waals surface area contributed by atoms with E-state index in [0.29, 0.717) is 5.92 Å². The molecule has 1 unspecified atom stereocenters. The van der Waals surface area contributed by atoms with E-state index in [1.54, 1.807) is 0 Å². The molecule has 1 atom stereocenters. The largest absolute Gasteiger partial charge is 0.369 e. The van der Waals surface area contributed by atoms with Gasteiger partial charge in [0.15, 0.2) is 0 Å². The van der Waals surface area contributed by atoms with Crippen molar-refractivity contribution in [2.24, 2.45) is 21.7 Å². The summed E-state index contributed by atoms with van der Waals surface area (Å²) in [7, 11) is 0. The van der Waals surface area contributed by atoms with Crippen LogP contribution in [0, 0.1) is 0 Å². The van der Waals surface area contributed by atoms with Crippen molar-refractivity contribution in [1.82, 2.24) is 0 Å². The number of nitrogens with two attached hydrogens (primary N) is 2. The Labute approximate surface area is 101 Å². The molecular weight excluding hydrogens is 212 g/mol. The second-order valence-corrected chi connectivity index (χ2v) is 4.33. The van der Waals surface area contributed by atoms with Crippen LogP contribution in [0.15, 0.2) is 40.5 Å². The predicted octanol–water partition coefficient (Wildman–Crippen LogP) is 1.97. The maximum absolute atomic E-state index is 5.31. The average molecular weight is 230 g/mol. The second-order valence-electron chi connectivity index (χ2n) is 4.33. The van der Waals surface area contributed by atoms with Crippen LogP contribution in [-0.2, 0) is 0 Å². The average Bonchev–Trinajstić information content (AvgIpc) is 2.38. The Bertz CT molecular complexity index is 418. The highest BCUT2D eigenvalue weighted by atomic mass is 15.3. The van der Waals surface area contributed by atoms with Crippen LogP contribution in [0.5, 0.6) is 0 Å². The van der Waals surface area contributed by atoms with Crippen molar-refractivity contribution in [2.45, 2.75) is 31.6 Å². The van der Waals surface area contributed by atoms with Gasteiger partial charge in [0.2, 0.25) is 5.96 Å². The van der Waals surface area contributed by atoms with Gasteiger partial charge < -0.3 is 11.5 Å². The molecule has 1 fully saturated rings. The molecule has 1 aliphatic carbocycles. The molecule has 0 aliphatic heterocycles. The van der Waals surface area contributed by atoms with Gasteiger partial charge in [0.1, 0.15) is 0 Å². The van der Waals surface area contributed by atoms with Gasteiger partial charge in [-0.05, 0) is 24.8 Å². The number of guanidine groups is 1. The molecule has 4 nitrogen and oxygen atoms in total. The number of rotatable bonds is 2. The van der Waals surface area contributed by atoms with Crippen molar-refractivity contribution in [3.8, 4) is 0 Å². The minimum absolute atomic E-state index is 0.0230. The summed E-state index contributed by atoms with van der Waals surface area (Å²) in [6.45, 7) is 0. The Balaban J connectivity index is 2.24. The van der Waals surface area contributed by atoms with Crippen molar-refractivity contribution in [3.05, 3.63) is 35.9 Å². The summed E-state index contributed by atoms with van der Waals surface area (Å²) in [6.07, 6.45) is 4.52. The van der Waals surface area contributed by atoms with Crippen LogP contribution >= 0.6 is 0 Å². The Hall–Kier alpha value is -1.84. The minimum atomic E-state index is 0.0230. The summed E-state index contributed by atoms with van der Waals surface area (Å²) in [5.74, 6) is 0.392. The van der Waals surface area contributed by atoms with Crippen LogP contribution in [0.1, 0.15) is 37.2 Å². The standard InChI is InChI=1S/C13H18N4/c14-13(15)17-16-12-9-5-4-8-11(12)10-6-2-1-3-7-10/h1-3,6-7,11H,4-5,8-9H2,(H4,14,15,17)/b16-12-. The van der Waals surface area contributed by atoms with E-state index < -0.39 is 0 Å². The normalized spacial score (nSPS) is 22.4. The molecule has 0 spiro atoms. The summed E-state index contributed by atoms with van der Waals surface area (Å²) < 4.78 is 0. The number of nitrogens with zero attached hydrogens (tertiary/aromatic N) is 2. The molecule has 1 saturated carbocycles. The lowest BCUT2D eigenvalue weighted by Gasteiger charge is -2.23. The first-order valence-electron chi connectivity index (χ1n) is 5.97. The van der Waals surface area contributed by atoms with Gasteiger partial charge in [0, 0.05) is 11.6 Å². The van der Waals surface area contributed by atoms with Gasteiger partial charge in [0.05, 0.1) is 0 Å². The molecule has 0 bridgehead atoms. The molecular formula is C13H18N4. The molecule has 0 aromatic heterocycles. The molecule has 0 amide bonds. The van der Waals surface area contributed by atoms with E-state index in [0.717, 1.165) is 18.6 Å². The monoisotopic (exact) mass is 230 g/mol. The lowest BCUT2D eigenvalue weighted by molar-refractivity contribution is 0.610. The number of hydrogen-bond acceptors (Lipinski definition) is 2. The molecule has 2 rings (SSSR count). The van der Waals surface area contributed by atoms with Crippen LogP contribution in [-0.4, -0.2) is 11.7 Å². The van der Waals surface area contributed by atoms with E-state index in [1.807, 2.05) is 6.07 Å². The van der Waals surface area contributed by atoms with E-state index in [-0.39, 0.29) is 5.96 Å². The second kappa shape index (κ2) is 5.48. The van der Waals surface area contributed by atoms with Crippen LogP contribution in [0.3, 0.4) is 0 Å². The Morgan fingerprint density at radius 2 is 1.88 bits per heavy atom. The predicted molar refractivity (Wildman–Crippen MR) is 70.9 cm³/mol. The zero-order chi connectivity index (χ0) is 12.1. The van der Waals surface area contributed by atoms with Crippen LogP contribution in [0.2, 0.25) is 0 Å². The maximum Gasteiger partial charge on any atom is 0.211 e. The Morgan fingerprint density at radius 1 is 1.12 bits per heavy atom. The van der Waals surface area contributed by atoms with Crippen LogP contribution in [0.4, 0.5) is 0 Å². The van der Waals surface area contributed by atoms with Gasteiger partial charge in [-0.3, -0.25) is 0 Å². The third kappa shape index (κ3) is 3.06. The third-order valence-electron chi connectivity index (χ3n) is 3.07. The molecule has 1 aromatic carbocycles. The highest BCUT2D eigenvalue weighted by molar-refractivity contribution is 5.92. The van der Waals surface area contributed by atoms with E-state index in [1.165, 1.54) is 18.4 Å². The van der Waals surface area contributed by atoms with Gasteiger partial charge in [-0.15, -0.1) is 5.10 Å². The summed E-state index contributed by atoms with van der Waals surface area (Å²) in [5, 5.41) is 7.98. The van der Waals surface area contributed by atoms with Crippen molar-refractivity contribution in [3.63, 3.8) is 0 Å². The van der Waals surface area contributed by atoms with Crippen LogP contribution < -0.4 is 11.5 Å². The van der Waals surface area contributed by atoms with Gasteiger partial charge in [-0.2, -0.15) is 5.10 Å². The lowest BCUT2D eigenvalue weighted by atomic mass is 9.82. The zero-order valence-corrected chi connectivity index (χ0v) is 9.84. The van der Waals surface area contributed by atoms with Gasteiger partial charge >= 0.3 is 0 Å². The molecule has 0 radical (unpaired) electrons. The molecule has 4 heteroatoms. The fourth-order valence-corrected chi connectivity index (χ4v) is 2.28. The molecule has 90 valence electrons. The summed E-state index contributed by atoms with van der Waals surface area (Å²) in [6, 6.07) is 10.4. The highest BCUT2D eigenvalue weighted by Crippen LogP contribution is 2.30. The molecule has 0 heterocycles. The first kappa shape index (κ1) is 11.6. The quantitative estimate of drug-likeness (QED) is 0.463. The Kier molecular flexibility index (Phi) is 3.75. The third-order valence-corrected chi connectivity index (χ3v) is 3.07. The fourth-order valence-electron chi connectivity index (χ4n) is 2.28. The van der Waals surface area contributed by atoms with E-state index in [4.69, 9.17) is 11.5 Å². The zero-order valence-electron chi connectivity index (χ0n) is 9.84. The summed E-state index contributed by atoms with van der Waals surface area (Å²) >= 11 is 0. The molecule has 17 heavy (non-hydrogen) atoms. The minimum Gasteiger partial charge on any atom is -0.369 e. The van der Waals surface area contributed by atoms with E-state index in [9.17, 15) is 0 Å². The molecule has 4 N–H and O–H groups in total. The molecule has 1 aromatic rings. The fraction of sp³-hybridized carbons (Fsp3) is 0.385. The van der Waals surface area contributed by atoms with Gasteiger partial charge in [-0.25, -0.2) is 0 Å². The first-order valence-corrected chi connectivity index (χ1v) is 5.97. The molecule has 0 saturated heterocycles. The van der Waals surface area contributed by atoms with Crippen molar-refractivity contribution in [2.75, 3.05) is 0 Å². The first-order chi connectivity index (χ1) is 8.27. The van der Waals surface area contributed by atoms with Gasteiger partial charge in [0.25, 0.3) is 0 Å².